The molecule has 0 aliphatic heterocycles. The van der Waals surface area contributed by atoms with Crippen LogP contribution in [0, 0.1) is 0 Å². The fourth-order valence-electron chi connectivity index (χ4n) is 1.90. The zero-order valence-electron chi connectivity index (χ0n) is 12.0. The Morgan fingerprint density at radius 3 is 2.52 bits per heavy atom. The molecular weight excluding hydrogens is 333 g/mol. The number of aromatic nitrogens is 1. The summed E-state index contributed by atoms with van der Waals surface area (Å²) in [5, 5.41) is 2.68. The number of hydrogen-bond donors (Lipinski definition) is 1. The molecule has 1 N–H and O–H groups in total. The quantitative estimate of drug-likeness (QED) is 0.901. The molecule has 0 fully saturated rings. The van der Waals surface area contributed by atoms with Gasteiger partial charge in [0.1, 0.15) is 0 Å². The van der Waals surface area contributed by atoms with E-state index in [9.17, 15) is 21.6 Å². The van der Waals surface area contributed by atoms with E-state index in [0.717, 1.165) is 6.07 Å². The molecular formula is C14H13F3N2O3S. The Bertz CT molecular complexity index is 792. The summed E-state index contributed by atoms with van der Waals surface area (Å²) >= 11 is 0. The van der Waals surface area contributed by atoms with Gasteiger partial charge in [-0.05, 0) is 18.2 Å². The van der Waals surface area contributed by atoms with Crippen LogP contribution in [0.1, 0.15) is 5.56 Å². The van der Waals surface area contributed by atoms with Gasteiger partial charge in [-0.15, -0.1) is 0 Å². The molecule has 1 heterocycles. The zero-order valence-corrected chi connectivity index (χ0v) is 12.8. The van der Waals surface area contributed by atoms with E-state index in [0.29, 0.717) is 11.4 Å². The normalized spacial score (nSPS) is 12.0. The first-order valence-electron chi connectivity index (χ1n) is 6.39. The van der Waals surface area contributed by atoms with Gasteiger partial charge in [0.05, 0.1) is 17.7 Å². The van der Waals surface area contributed by atoms with Gasteiger partial charge in [-0.25, -0.2) is 13.4 Å². The summed E-state index contributed by atoms with van der Waals surface area (Å²) in [4.78, 5) is 3.14. The second kappa shape index (κ2) is 6.45. The fraction of sp³-hybridized carbons (Fsp3) is 0.214. The van der Waals surface area contributed by atoms with Crippen molar-refractivity contribution in [3.8, 4) is 5.88 Å². The molecule has 0 unspecified atom stereocenters. The standard InChI is InChI=1S/C14H13F3N2O3S/c1-22-13-10(5-4-8-18-13)9-19-11-6-2-3-7-12(11)23(20,21)14(15,16)17/h2-8,19H,9H2,1H3. The maximum absolute atomic E-state index is 12.7. The minimum atomic E-state index is -5.44. The third kappa shape index (κ3) is 3.55. The second-order valence-corrected chi connectivity index (χ2v) is 6.38. The van der Waals surface area contributed by atoms with Crippen LogP contribution in [-0.2, 0) is 16.4 Å². The Kier molecular flexibility index (Phi) is 4.79. The molecule has 0 spiro atoms. The lowest BCUT2D eigenvalue weighted by Gasteiger charge is -2.14. The number of halogens is 3. The summed E-state index contributed by atoms with van der Waals surface area (Å²) in [6.45, 7) is 0.0569. The number of para-hydroxylation sites is 1. The molecule has 0 saturated heterocycles. The van der Waals surface area contributed by atoms with Crippen LogP contribution < -0.4 is 10.1 Å². The molecule has 0 atom stereocenters. The van der Waals surface area contributed by atoms with Gasteiger partial charge in [0.15, 0.2) is 0 Å². The molecule has 9 heteroatoms. The van der Waals surface area contributed by atoms with E-state index >= 15 is 0 Å². The van der Waals surface area contributed by atoms with Crippen LogP contribution in [0.3, 0.4) is 0 Å². The van der Waals surface area contributed by atoms with Crippen molar-refractivity contribution in [1.29, 1.82) is 0 Å². The SMILES string of the molecule is COc1ncccc1CNc1ccccc1S(=O)(=O)C(F)(F)F. The lowest BCUT2D eigenvalue weighted by molar-refractivity contribution is -0.0435. The van der Waals surface area contributed by atoms with Crippen LogP contribution >= 0.6 is 0 Å². The maximum atomic E-state index is 12.7. The number of nitrogens with one attached hydrogen (secondary N) is 1. The second-order valence-electron chi connectivity index (χ2n) is 4.47. The van der Waals surface area contributed by atoms with Crippen molar-refractivity contribution in [2.75, 3.05) is 12.4 Å². The number of alkyl halides is 3. The predicted molar refractivity (Wildman–Crippen MR) is 77.8 cm³/mol. The van der Waals surface area contributed by atoms with Gasteiger partial charge >= 0.3 is 5.51 Å². The number of pyridine rings is 1. The highest BCUT2D eigenvalue weighted by Crippen LogP contribution is 2.34. The molecule has 2 rings (SSSR count). The topological polar surface area (TPSA) is 68.3 Å². The number of rotatable bonds is 5. The van der Waals surface area contributed by atoms with Crippen LogP contribution in [0.5, 0.6) is 5.88 Å². The average molecular weight is 346 g/mol. The number of anilines is 1. The van der Waals surface area contributed by atoms with E-state index in [4.69, 9.17) is 4.74 Å². The van der Waals surface area contributed by atoms with Gasteiger partial charge in [0, 0.05) is 18.3 Å². The number of benzene rings is 1. The van der Waals surface area contributed by atoms with Gasteiger partial charge < -0.3 is 10.1 Å². The lowest BCUT2D eigenvalue weighted by Crippen LogP contribution is -2.24. The highest BCUT2D eigenvalue weighted by atomic mass is 32.2. The lowest BCUT2D eigenvalue weighted by atomic mass is 10.2. The molecule has 2 aromatic rings. The monoisotopic (exact) mass is 346 g/mol. The third-order valence-corrected chi connectivity index (χ3v) is 4.54. The fourth-order valence-corrected chi connectivity index (χ4v) is 2.84. The van der Waals surface area contributed by atoms with Crippen molar-refractivity contribution >= 4 is 15.5 Å². The minimum absolute atomic E-state index is 0.0569. The smallest absolute Gasteiger partial charge is 0.481 e. The van der Waals surface area contributed by atoms with Crippen molar-refractivity contribution in [2.24, 2.45) is 0 Å². The molecule has 0 saturated carbocycles. The number of sulfone groups is 1. The molecule has 0 amide bonds. The molecule has 1 aromatic carbocycles. The molecule has 0 radical (unpaired) electrons. The van der Waals surface area contributed by atoms with Gasteiger partial charge in [-0.1, -0.05) is 18.2 Å². The Balaban J connectivity index is 2.32. The maximum Gasteiger partial charge on any atom is 0.501 e. The van der Waals surface area contributed by atoms with E-state index in [2.05, 4.69) is 10.3 Å². The van der Waals surface area contributed by atoms with Gasteiger partial charge in [0.25, 0.3) is 9.84 Å². The van der Waals surface area contributed by atoms with E-state index < -0.39 is 20.2 Å². The van der Waals surface area contributed by atoms with E-state index in [1.54, 1.807) is 12.1 Å². The molecule has 0 aliphatic carbocycles. The van der Waals surface area contributed by atoms with Crippen molar-refractivity contribution in [3.63, 3.8) is 0 Å². The number of hydrogen-bond acceptors (Lipinski definition) is 5. The van der Waals surface area contributed by atoms with Crippen LogP contribution in [0.25, 0.3) is 0 Å². The zero-order chi connectivity index (χ0) is 17.1. The van der Waals surface area contributed by atoms with Crippen LogP contribution in [-0.4, -0.2) is 26.0 Å². The molecule has 124 valence electrons. The summed E-state index contributed by atoms with van der Waals surface area (Å²) in [6, 6.07) is 8.15. The first-order valence-corrected chi connectivity index (χ1v) is 7.88. The first kappa shape index (κ1) is 17.1. The van der Waals surface area contributed by atoms with Crippen molar-refractivity contribution in [2.45, 2.75) is 16.9 Å². The molecule has 23 heavy (non-hydrogen) atoms. The van der Waals surface area contributed by atoms with Gasteiger partial charge in [-0.2, -0.15) is 13.2 Å². The Morgan fingerprint density at radius 2 is 1.87 bits per heavy atom. The highest BCUT2D eigenvalue weighted by Gasteiger charge is 2.47. The third-order valence-electron chi connectivity index (χ3n) is 2.99. The van der Waals surface area contributed by atoms with Crippen molar-refractivity contribution in [1.82, 2.24) is 4.98 Å². The van der Waals surface area contributed by atoms with Crippen LogP contribution in [0.2, 0.25) is 0 Å². The van der Waals surface area contributed by atoms with E-state index in [-0.39, 0.29) is 12.2 Å². The summed E-state index contributed by atoms with van der Waals surface area (Å²) in [5.41, 5.74) is -4.93. The summed E-state index contributed by atoms with van der Waals surface area (Å²) < 4.78 is 66.5. The van der Waals surface area contributed by atoms with Crippen molar-refractivity contribution < 1.29 is 26.3 Å². The van der Waals surface area contributed by atoms with E-state index in [1.165, 1.54) is 31.5 Å². The summed E-state index contributed by atoms with van der Waals surface area (Å²) in [6.07, 6.45) is 1.50. The molecule has 1 aromatic heterocycles. The molecule has 0 bridgehead atoms. The van der Waals surface area contributed by atoms with Crippen LogP contribution in [0.4, 0.5) is 18.9 Å². The number of ether oxygens (including phenoxy) is 1. The summed E-state index contributed by atoms with van der Waals surface area (Å²) in [7, 11) is -4.03. The van der Waals surface area contributed by atoms with Crippen LogP contribution in [0.15, 0.2) is 47.5 Å². The molecule has 0 aliphatic rings. The van der Waals surface area contributed by atoms with E-state index in [1.807, 2.05) is 0 Å². The van der Waals surface area contributed by atoms with Gasteiger partial charge in [0.2, 0.25) is 5.88 Å². The minimum Gasteiger partial charge on any atom is -0.481 e. The Morgan fingerprint density at radius 1 is 1.17 bits per heavy atom. The predicted octanol–water partition coefficient (Wildman–Crippen LogP) is 3.00. The number of nitrogens with zero attached hydrogens (tertiary/aromatic N) is 1. The first-order chi connectivity index (χ1) is 10.8. The summed E-state index contributed by atoms with van der Waals surface area (Å²) in [5.74, 6) is 0.302. The van der Waals surface area contributed by atoms with Gasteiger partial charge in [-0.3, -0.25) is 0 Å². The van der Waals surface area contributed by atoms with Crippen molar-refractivity contribution in [3.05, 3.63) is 48.2 Å². The largest absolute Gasteiger partial charge is 0.501 e. The average Bonchev–Trinajstić information content (AvgIpc) is 2.52. The Labute approximate surface area is 131 Å². The highest BCUT2D eigenvalue weighted by molar-refractivity contribution is 7.92. The number of methoxy groups -OCH3 is 1. The Hall–Kier alpha value is -2.29. The molecule has 5 nitrogen and oxygen atoms in total.